The highest BCUT2D eigenvalue weighted by atomic mass is 32.3. The number of benzene rings is 2. The van der Waals surface area contributed by atoms with Gasteiger partial charge in [0.2, 0.25) is 0 Å². The van der Waals surface area contributed by atoms with Crippen molar-refractivity contribution in [3.05, 3.63) is 40.2 Å². The van der Waals surface area contributed by atoms with Gasteiger partial charge >= 0.3 is 10.4 Å². The van der Waals surface area contributed by atoms with Gasteiger partial charge in [0.1, 0.15) is 34.0 Å². The predicted molar refractivity (Wildman–Crippen MR) is 89.5 cm³/mol. The summed E-state index contributed by atoms with van der Waals surface area (Å²) in [7, 11) is -4.78. The lowest BCUT2D eigenvalue weighted by atomic mass is 10.0. The largest absolute Gasteiger partial charge is 0.507 e. The van der Waals surface area contributed by atoms with E-state index in [1.807, 2.05) is 6.92 Å². The summed E-state index contributed by atoms with van der Waals surface area (Å²) < 4.78 is 40.3. The molecule has 0 unspecified atom stereocenters. The number of rotatable bonds is 4. The molecule has 0 saturated heterocycles. The van der Waals surface area contributed by atoms with Gasteiger partial charge in [0, 0.05) is 18.6 Å². The number of fused-ring (bicyclic) bond motifs is 2. The lowest BCUT2D eigenvalue weighted by molar-refractivity contribution is 0.386. The fourth-order valence-corrected chi connectivity index (χ4v) is 3.04. The van der Waals surface area contributed by atoms with Crippen molar-refractivity contribution in [3.8, 4) is 17.2 Å². The molecule has 25 heavy (non-hydrogen) atoms. The van der Waals surface area contributed by atoms with Gasteiger partial charge in [-0.25, -0.2) is 0 Å². The smallest absolute Gasteiger partial charge is 0.446 e. The summed E-state index contributed by atoms with van der Waals surface area (Å²) in [5.41, 5.74) is -0.369. The molecule has 8 nitrogen and oxygen atoms in total. The summed E-state index contributed by atoms with van der Waals surface area (Å²) >= 11 is 0. The van der Waals surface area contributed by atoms with E-state index in [1.54, 1.807) is 0 Å². The quantitative estimate of drug-likeness (QED) is 0.473. The van der Waals surface area contributed by atoms with Crippen molar-refractivity contribution in [2.75, 3.05) is 0 Å². The number of hydrogen-bond donors (Lipinski definition) is 3. The first-order valence-electron chi connectivity index (χ1n) is 7.32. The Kier molecular flexibility index (Phi) is 4.05. The molecule has 132 valence electrons. The molecule has 0 amide bonds. The summed E-state index contributed by atoms with van der Waals surface area (Å²) in [5.74, 6) is -0.931. The topological polar surface area (TPSA) is 134 Å². The molecule has 0 radical (unpaired) electrons. The van der Waals surface area contributed by atoms with Crippen LogP contribution < -0.4 is 9.61 Å². The van der Waals surface area contributed by atoms with E-state index in [0.717, 1.165) is 12.5 Å². The number of hydrogen-bond acceptors (Lipinski definition) is 7. The summed E-state index contributed by atoms with van der Waals surface area (Å²) in [5, 5.41) is 20.5. The van der Waals surface area contributed by atoms with Gasteiger partial charge in [-0.15, -0.1) is 0 Å². The number of phenolic OH excluding ortho intramolecular Hbond substituents is 2. The SMILES string of the molecule is CCCc1cc(=O)c2c(O)c3c(O)cc(OS(=O)(=O)O)cc3cc2o1. The van der Waals surface area contributed by atoms with Gasteiger partial charge < -0.3 is 18.8 Å². The van der Waals surface area contributed by atoms with Gasteiger partial charge in [0.25, 0.3) is 0 Å². The highest BCUT2D eigenvalue weighted by Gasteiger charge is 2.18. The van der Waals surface area contributed by atoms with Gasteiger partial charge in [0.15, 0.2) is 5.43 Å². The van der Waals surface area contributed by atoms with Crippen molar-refractivity contribution in [1.29, 1.82) is 0 Å². The van der Waals surface area contributed by atoms with E-state index >= 15 is 0 Å². The third kappa shape index (κ3) is 3.24. The van der Waals surface area contributed by atoms with E-state index in [1.165, 1.54) is 18.2 Å². The molecule has 0 fully saturated rings. The van der Waals surface area contributed by atoms with Gasteiger partial charge in [-0.1, -0.05) is 6.92 Å². The lowest BCUT2D eigenvalue weighted by Crippen LogP contribution is -2.06. The highest BCUT2D eigenvalue weighted by molar-refractivity contribution is 7.81. The molecule has 0 spiro atoms. The summed E-state index contributed by atoms with van der Waals surface area (Å²) in [4.78, 5) is 12.3. The Bertz CT molecular complexity index is 1140. The molecule has 0 saturated carbocycles. The van der Waals surface area contributed by atoms with Crippen LogP contribution in [0.1, 0.15) is 19.1 Å². The molecule has 0 aliphatic carbocycles. The summed E-state index contributed by atoms with van der Waals surface area (Å²) in [6.45, 7) is 1.92. The Hall–Kier alpha value is -2.78. The Balaban J connectivity index is 2.35. The van der Waals surface area contributed by atoms with Crippen LogP contribution in [0.2, 0.25) is 0 Å². The van der Waals surface area contributed by atoms with Crippen molar-refractivity contribution in [1.82, 2.24) is 0 Å². The molecule has 0 bridgehead atoms. The normalized spacial score (nSPS) is 11.9. The molecule has 0 atom stereocenters. The van der Waals surface area contributed by atoms with Crippen LogP contribution in [0.3, 0.4) is 0 Å². The molecule has 1 aromatic heterocycles. The van der Waals surface area contributed by atoms with E-state index in [2.05, 4.69) is 4.18 Å². The molecule has 3 N–H and O–H groups in total. The summed E-state index contributed by atoms with van der Waals surface area (Å²) in [6, 6.07) is 4.73. The van der Waals surface area contributed by atoms with Gasteiger partial charge in [0.05, 0.1) is 5.39 Å². The molecule has 1 heterocycles. The second kappa shape index (κ2) is 5.94. The van der Waals surface area contributed by atoms with Crippen molar-refractivity contribution in [2.45, 2.75) is 19.8 Å². The fourth-order valence-electron chi connectivity index (χ4n) is 2.70. The zero-order valence-electron chi connectivity index (χ0n) is 13.0. The van der Waals surface area contributed by atoms with Gasteiger partial charge in [-0.05, 0) is 23.9 Å². The molecule has 3 aromatic rings. The molecule has 3 rings (SSSR count). The van der Waals surface area contributed by atoms with Crippen LogP contribution in [0.25, 0.3) is 21.7 Å². The standard InChI is InChI=1S/C16H14O8S/c1-2-3-9-6-12(18)15-13(23-9)5-8-4-10(24-25(20,21)22)7-11(17)14(8)16(15)19/h4-7,17,19H,2-3H2,1H3,(H,20,21,22). The van der Waals surface area contributed by atoms with Crippen molar-refractivity contribution < 1.29 is 31.8 Å². The molecule has 2 aromatic carbocycles. The zero-order valence-corrected chi connectivity index (χ0v) is 13.8. The van der Waals surface area contributed by atoms with Crippen molar-refractivity contribution in [2.24, 2.45) is 0 Å². The van der Waals surface area contributed by atoms with Crippen molar-refractivity contribution >= 4 is 32.1 Å². The van der Waals surface area contributed by atoms with E-state index in [0.29, 0.717) is 12.2 Å². The van der Waals surface area contributed by atoms with E-state index in [-0.39, 0.29) is 27.5 Å². The van der Waals surface area contributed by atoms with Gasteiger partial charge in [-0.2, -0.15) is 8.42 Å². The minimum absolute atomic E-state index is 0.0641. The maximum atomic E-state index is 12.3. The van der Waals surface area contributed by atoms with E-state index in [4.69, 9.17) is 8.97 Å². The predicted octanol–water partition coefficient (Wildman–Crippen LogP) is 2.49. The molecule has 9 heteroatoms. The minimum atomic E-state index is -4.78. The van der Waals surface area contributed by atoms with Crippen LogP contribution in [-0.2, 0) is 16.8 Å². The van der Waals surface area contributed by atoms with Crippen LogP contribution in [-0.4, -0.2) is 23.2 Å². The summed E-state index contributed by atoms with van der Waals surface area (Å²) in [6.07, 6.45) is 1.28. The average Bonchev–Trinajstić information content (AvgIpc) is 2.44. The molecule has 0 aliphatic rings. The van der Waals surface area contributed by atoms with Crippen LogP contribution in [0.15, 0.2) is 33.5 Å². The number of aryl methyl sites for hydroxylation is 1. The average molecular weight is 366 g/mol. The van der Waals surface area contributed by atoms with Gasteiger partial charge in [-0.3, -0.25) is 9.35 Å². The third-order valence-electron chi connectivity index (χ3n) is 3.61. The Morgan fingerprint density at radius 1 is 1.12 bits per heavy atom. The number of phenols is 2. The fraction of sp³-hybridized carbons (Fsp3) is 0.188. The first-order valence-corrected chi connectivity index (χ1v) is 8.68. The molecule has 0 aliphatic heterocycles. The maximum Gasteiger partial charge on any atom is 0.446 e. The van der Waals surface area contributed by atoms with Crippen molar-refractivity contribution in [3.63, 3.8) is 0 Å². The van der Waals surface area contributed by atoms with Crippen LogP contribution in [0, 0.1) is 0 Å². The second-order valence-corrected chi connectivity index (χ2v) is 6.50. The van der Waals surface area contributed by atoms with Crippen LogP contribution >= 0.6 is 0 Å². The second-order valence-electron chi connectivity index (χ2n) is 5.48. The Morgan fingerprint density at radius 2 is 1.84 bits per heavy atom. The monoisotopic (exact) mass is 366 g/mol. The van der Waals surface area contributed by atoms with Crippen LogP contribution in [0.5, 0.6) is 17.2 Å². The third-order valence-corrected chi connectivity index (χ3v) is 4.01. The lowest BCUT2D eigenvalue weighted by Gasteiger charge is -2.10. The zero-order chi connectivity index (χ0) is 18.4. The molecular weight excluding hydrogens is 352 g/mol. The number of aromatic hydroxyl groups is 2. The Labute approximate surface area is 141 Å². The first-order chi connectivity index (χ1) is 11.7. The van der Waals surface area contributed by atoms with Crippen LogP contribution in [0.4, 0.5) is 0 Å². The first kappa shape index (κ1) is 17.1. The highest BCUT2D eigenvalue weighted by Crippen LogP contribution is 2.40. The Morgan fingerprint density at radius 3 is 2.48 bits per heavy atom. The minimum Gasteiger partial charge on any atom is -0.507 e. The maximum absolute atomic E-state index is 12.3. The van der Waals surface area contributed by atoms with E-state index < -0.39 is 27.3 Å². The molecular formula is C16H14O8S. The van der Waals surface area contributed by atoms with E-state index in [9.17, 15) is 23.4 Å².